The van der Waals surface area contributed by atoms with Gasteiger partial charge in [0.1, 0.15) is 5.82 Å². The molecule has 1 aliphatic carbocycles. The van der Waals surface area contributed by atoms with Crippen LogP contribution in [0.15, 0.2) is 18.2 Å². The van der Waals surface area contributed by atoms with Crippen LogP contribution in [-0.4, -0.2) is 0 Å². The zero-order valence-electron chi connectivity index (χ0n) is 12.1. The number of hydrazine groups is 1. The highest BCUT2D eigenvalue weighted by Gasteiger charge is 2.31. The van der Waals surface area contributed by atoms with Gasteiger partial charge in [0.25, 0.3) is 0 Å². The van der Waals surface area contributed by atoms with E-state index < -0.39 is 0 Å². The van der Waals surface area contributed by atoms with Crippen molar-refractivity contribution < 1.29 is 4.39 Å². The number of rotatable bonds is 3. The fourth-order valence-electron chi connectivity index (χ4n) is 3.67. The van der Waals surface area contributed by atoms with Crippen molar-refractivity contribution in [1.82, 2.24) is 5.43 Å². The summed E-state index contributed by atoms with van der Waals surface area (Å²) in [5.74, 6) is 7.42. The largest absolute Gasteiger partial charge is 0.271 e. The summed E-state index contributed by atoms with van der Waals surface area (Å²) in [6.45, 7) is 6.37. The van der Waals surface area contributed by atoms with E-state index in [4.69, 9.17) is 5.84 Å². The lowest BCUT2D eigenvalue weighted by molar-refractivity contribution is 0.175. The van der Waals surface area contributed by atoms with E-state index in [2.05, 4.69) is 19.3 Å². The van der Waals surface area contributed by atoms with Crippen LogP contribution in [0.5, 0.6) is 0 Å². The van der Waals surface area contributed by atoms with Crippen LogP contribution in [0, 0.1) is 30.5 Å². The Kier molecular flexibility index (Phi) is 4.58. The second kappa shape index (κ2) is 6.02. The second-order valence-corrected chi connectivity index (χ2v) is 6.30. The number of halogens is 1. The number of aryl methyl sites for hydroxylation is 1. The summed E-state index contributed by atoms with van der Waals surface area (Å²) in [5.41, 5.74) is 4.26. The molecule has 2 nitrogen and oxygen atoms in total. The lowest BCUT2D eigenvalue weighted by Crippen LogP contribution is -2.37. The Bertz CT molecular complexity index is 423. The van der Waals surface area contributed by atoms with E-state index >= 15 is 0 Å². The van der Waals surface area contributed by atoms with Crippen LogP contribution in [0.3, 0.4) is 0 Å². The van der Waals surface area contributed by atoms with E-state index in [0.717, 1.165) is 12.8 Å². The quantitative estimate of drug-likeness (QED) is 0.645. The Balaban J connectivity index is 2.26. The lowest BCUT2D eigenvalue weighted by Gasteiger charge is -2.36. The van der Waals surface area contributed by atoms with Crippen LogP contribution in [0.2, 0.25) is 0 Å². The molecular weight excluding hydrogens is 239 g/mol. The Labute approximate surface area is 115 Å². The van der Waals surface area contributed by atoms with Gasteiger partial charge in [-0.15, -0.1) is 0 Å². The van der Waals surface area contributed by atoms with Crippen LogP contribution >= 0.6 is 0 Å². The van der Waals surface area contributed by atoms with Crippen molar-refractivity contribution >= 4 is 0 Å². The standard InChI is InChI=1S/C16H25FN2/c1-10-7-11(2)9-13(8-10)16(19-18)14-6-4-5-12(3)15(14)17/h4-6,10-11,13,16,19H,7-9,18H2,1-3H3. The molecule has 1 aliphatic rings. The van der Waals surface area contributed by atoms with Gasteiger partial charge in [-0.3, -0.25) is 11.3 Å². The van der Waals surface area contributed by atoms with Crippen molar-refractivity contribution in [2.24, 2.45) is 23.6 Å². The molecule has 0 spiro atoms. The maximum atomic E-state index is 14.3. The molecule has 0 aliphatic heterocycles. The molecule has 3 N–H and O–H groups in total. The first kappa shape index (κ1) is 14.5. The predicted molar refractivity (Wildman–Crippen MR) is 76.9 cm³/mol. The molecule has 1 aromatic rings. The molecule has 1 aromatic carbocycles. The van der Waals surface area contributed by atoms with Gasteiger partial charge in [0, 0.05) is 5.56 Å². The smallest absolute Gasteiger partial charge is 0.130 e. The molecule has 0 bridgehead atoms. The van der Waals surface area contributed by atoms with Crippen LogP contribution in [0.4, 0.5) is 4.39 Å². The molecule has 106 valence electrons. The zero-order valence-corrected chi connectivity index (χ0v) is 12.1. The van der Waals surface area contributed by atoms with Gasteiger partial charge in [-0.2, -0.15) is 0 Å². The molecule has 2 rings (SSSR count). The highest BCUT2D eigenvalue weighted by Crippen LogP contribution is 2.40. The fourth-order valence-corrected chi connectivity index (χ4v) is 3.67. The van der Waals surface area contributed by atoms with Crippen molar-refractivity contribution in [2.45, 2.75) is 46.1 Å². The minimum Gasteiger partial charge on any atom is -0.271 e. The van der Waals surface area contributed by atoms with Crippen molar-refractivity contribution in [3.05, 3.63) is 35.1 Å². The number of hydrogen-bond donors (Lipinski definition) is 2. The highest BCUT2D eigenvalue weighted by molar-refractivity contribution is 5.28. The van der Waals surface area contributed by atoms with Gasteiger partial charge in [-0.25, -0.2) is 4.39 Å². The highest BCUT2D eigenvalue weighted by atomic mass is 19.1. The monoisotopic (exact) mass is 264 g/mol. The first-order chi connectivity index (χ1) is 9.02. The lowest BCUT2D eigenvalue weighted by atomic mass is 9.72. The average Bonchev–Trinajstić information content (AvgIpc) is 2.34. The van der Waals surface area contributed by atoms with Crippen molar-refractivity contribution in [3.63, 3.8) is 0 Å². The van der Waals surface area contributed by atoms with E-state index in [1.165, 1.54) is 6.42 Å². The molecule has 1 saturated carbocycles. The summed E-state index contributed by atoms with van der Waals surface area (Å²) in [6, 6.07) is 5.49. The Morgan fingerprint density at radius 2 is 1.84 bits per heavy atom. The van der Waals surface area contributed by atoms with Gasteiger partial charge in [-0.05, 0) is 49.5 Å². The van der Waals surface area contributed by atoms with Crippen LogP contribution in [0.25, 0.3) is 0 Å². The Morgan fingerprint density at radius 1 is 1.21 bits per heavy atom. The molecule has 3 atom stereocenters. The van der Waals surface area contributed by atoms with Gasteiger partial charge >= 0.3 is 0 Å². The molecule has 0 heterocycles. The maximum absolute atomic E-state index is 14.3. The molecule has 0 amide bonds. The summed E-state index contributed by atoms with van der Waals surface area (Å²) in [5, 5.41) is 0. The fraction of sp³-hybridized carbons (Fsp3) is 0.625. The molecule has 19 heavy (non-hydrogen) atoms. The summed E-state index contributed by atoms with van der Waals surface area (Å²) in [4.78, 5) is 0. The van der Waals surface area contributed by atoms with Crippen LogP contribution < -0.4 is 11.3 Å². The van der Waals surface area contributed by atoms with Gasteiger partial charge < -0.3 is 0 Å². The van der Waals surface area contributed by atoms with Crippen LogP contribution in [-0.2, 0) is 0 Å². The van der Waals surface area contributed by atoms with Gasteiger partial charge in [0.15, 0.2) is 0 Å². The summed E-state index contributed by atoms with van der Waals surface area (Å²) in [7, 11) is 0. The summed E-state index contributed by atoms with van der Waals surface area (Å²) < 4.78 is 14.3. The normalized spacial score (nSPS) is 29.2. The van der Waals surface area contributed by atoms with Crippen molar-refractivity contribution in [1.29, 1.82) is 0 Å². The third kappa shape index (κ3) is 3.15. The Morgan fingerprint density at radius 3 is 2.42 bits per heavy atom. The SMILES string of the molecule is Cc1cccc(C(NN)C2CC(C)CC(C)C2)c1F. The summed E-state index contributed by atoms with van der Waals surface area (Å²) >= 11 is 0. The molecule has 0 aromatic heterocycles. The first-order valence-corrected chi connectivity index (χ1v) is 7.24. The number of nitrogens with two attached hydrogens (primary N) is 1. The van der Waals surface area contributed by atoms with Crippen molar-refractivity contribution in [2.75, 3.05) is 0 Å². The molecule has 3 heteroatoms. The van der Waals surface area contributed by atoms with E-state index in [9.17, 15) is 4.39 Å². The maximum Gasteiger partial charge on any atom is 0.130 e. The van der Waals surface area contributed by atoms with Gasteiger partial charge in [0.2, 0.25) is 0 Å². The van der Waals surface area contributed by atoms with Gasteiger partial charge in [0.05, 0.1) is 6.04 Å². The van der Waals surface area contributed by atoms with E-state index in [1.54, 1.807) is 13.0 Å². The second-order valence-electron chi connectivity index (χ2n) is 6.30. The minimum absolute atomic E-state index is 0.0786. The number of nitrogens with one attached hydrogen (secondary N) is 1. The first-order valence-electron chi connectivity index (χ1n) is 7.24. The third-order valence-corrected chi connectivity index (χ3v) is 4.42. The number of hydrogen-bond acceptors (Lipinski definition) is 2. The van der Waals surface area contributed by atoms with Gasteiger partial charge in [-0.1, -0.05) is 32.0 Å². The molecule has 0 saturated heterocycles. The molecule has 0 radical (unpaired) electrons. The van der Waals surface area contributed by atoms with Crippen LogP contribution in [0.1, 0.15) is 50.3 Å². The topological polar surface area (TPSA) is 38.0 Å². The minimum atomic E-state index is -0.115. The molecule has 1 fully saturated rings. The van der Waals surface area contributed by atoms with E-state index in [1.807, 2.05) is 12.1 Å². The summed E-state index contributed by atoms with van der Waals surface area (Å²) in [6.07, 6.45) is 3.50. The van der Waals surface area contributed by atoms with E-state index in [0.29, 0.717) is 28.9 Å². The van der Waals surface area contributed by atoms with Crippen molar-refractivity contribution in [3.8, 4) is 0 Å². The molecule has 3 unspecified atom stereocenters. The predicted octanol–water partition coefficient (Wildman–Crippen LogP) is 3.71. The third-order valence-electron chi connectivity index (χ3n) is 4.42. The average molecular weight is 264 g/mol. The number of benzene rings is 1. The zero-order chi connectivity index (χ0) is 14.0. The molecular formula is C16H25FN2. The van der Waals surface area contributed by atoms with E-state index in [-0.39, 0.29) is 11.9 Å². The Hall–Kier alpha value is -0.930.